The molecular weight excluding hydrogens is 332 g/mol. The van der Waals surface area contributed by atoms with Crippen LogP contribution in [0.5, 0.6) is 11.5 Å². The van der Waals surface area contributed by atoms with Gasteiger partial charge in [0.15, 0.2) is 5.65 Å². The van der Waals surface area contributed by atoms with Crippen LogP contribution in [0.1, 0.15) is 42.6 Å². The van der Waals surface area contributed by atoms with Crippen LogP contribution in [0.2, 0.25) is 0 Å². The molecule has 2 heterocycles. The summed E-state index contributed by atoms with van der Waals surface area (Å²) in [5, 5.41) is 25.2. The number of carbonyl (C=O) groups excluding carboxylic acids is 1. The number of pyridine rings is 1. The number of phenols is 2. The Balaban J connectivity index is 2.04. The number of rotatable bonds is 4. The molecule has 0 saturated carbocycles. The van der Waals surface area contributed by atoms with E-state index in [4.69, 9.17) is 0 Å². The fraction of sp³-hybridized carbons (Fsp3) is 0.316. The van der Waals surface area contributed by atoms with Crippen molar-refractivity contribution in [2.75, 3.05) is 11.4 Å². The topological polar surface area (TPSA) is 91.5 Å². The molecule has 3 rings (SSSR count). The molecule has 26 heavy (non-hydrogen) atoms. The first-order chi connectivity index (χ1) is 12.3. The molecule has 3 aromatic rings. The van der Waals surface area contributed by atoms with Crippen molar-refractivity contribution in [1.29, 1.82) is 0 Å². The number of benzene rings is 1. The SMILES string of the molecule is CCN(C(=O)c1cc(C(C)C)c(O)cc1O)c1cnc2c(cnn2C)c1. The maximum absolute atomic E-state index is 13.1. The summed E-state index contributed by atoms with van der Waals surface area (Å²) in [4.78, 5) is 19.0. The first-order valence-electron chi connectivity index (χ1n) is 8.49. The quantitative estimate of drug-likeness (QED) is 0.751. The van der Waals surface area contributed by atoms with Crippen LogP contribution in [0.3, 0.4) is 0 Å². The fourth-order valence-electron chi connectivity index (χ4n) is 3.00. The molecule has 7 heteroatoms. The monoisotopic (exact) mass is 354 g/mol. The van der Waals surface area contributed by atoms with E-state index in [2.05, 4.69) is 10.1 Å². The molecule has 0 spiro atoms. The van der Waals surface area contributed by atoms with Gasteiger partial charge >= 0.3 is 0 Å². The van der Waals surface area contributed by atoms with E-state index in [-0.39, 0.29) is 28.9 Å². The van der Waals surface area contributed by atoms with E-state index < -0.39 is 0 Å². The molecule has 1 aromatic carbocycles. The Kier molecular flexibility index (Phi) is 4.54. The molecule has 2 aromatic heterocycles. The van der Waals surface area contributed by atoms with Crippen molar-refractivity contribution in [1.82, 2.24) is 14.8 Å². The maximum atomic E-state index is 13.1. The molecule has 0 aliphatic rings. The number of amides is 1. The highest BCUT2D eigenvalue weighted by atomic mass is 16.3. The lowest BCUT2D eigenvalue weighted by atomic mass is 9.98. The van der Waals surface area contributed by atoms with E-state index in [0.29, 0.717) is 17.8 Å². The van der Waals surface area contributed by atoms with Gasteiger partial charge in [0.2, 0.25) is 0 Å². The van der Waals surface area contributed by atoms with Crippen molar-refractivity contribution in [2.24, 2.45) is 7.05 Å². The molecule has 0 atom stereocenters. The Morgan fingerprint density at radius 3 is 2.58 bits per heavy atom. The van der Waals surface area contributed by atoms with Gasteiger partial charge in [0.05, 0.1) is 23.6 Å². The lowest BCUT2D eigenvalue weighted by Gasteiger charge is -2.22. The number of nitrogens with zero attached hydrogens (tertiary/aromatic N) is 4. The minimum atomic E-state index is -0.350. The molecule has 2 N–H and O–H groups in total. The molecule has 0 unspecified atom stereocenters. The van der Waals surface area contributed by atoms with Crippen LogP contribution in [-0.2, 0) is 7.05 Å². The van der Waals surface area contributed by atoms with Crippen molar-refractivity contribution in [3.63, 3.8) is 0 Å². The summed E-state index contributed by atoms with van der Waals surface area (Å²) >= 11 is 0. The van der Waals surface area contributed by atoms with Gasteiger partial charge in [0, 0.05) is 25.0 Å². The molecule has 0 bridgehead atoms. The van der Waals surface area contributed by atoms with Crippen LogP contribution in [0.15, 0.2) is 30.6 Å². The van der Waals surface area contributed by atoms with E-state index >= 15 is 0 Å². The van der Waals surface area contributed by atoms with E-state index in [1.54, 1.807) is 30.2 Å². The Bertz CT molecular complexity index is 978. The Labute approximate surface area is 151 Å². The summed E-state index contributed by atoms with van der Waals surface area (Å²) in [5.74, 6) is -0.594. The van der Waals surface area contributed by atoms with Crippen LogP contribution < -0.4 is 4.90 Å². The number of aromatic nitrogens is 3. The predicted octanol–water partition coefficient (Wildman–Crippen LogP) is 3.17. The second-order valence-electron chi connectivity index (χ2n) is 6.51. The van der Waals surface area contributed by atoms with Gasteiger partial charge in [-0.15, -0.1) is 0 Å². The summed E-state index contributed by atoms with van der Waals surface area (Å²) in [7, 11) is 1.81. The molecule has 0 fully saturated rings. The standard InChI is InChI=1S/C19H22N4O3/c1-5-23(13-6-12-9-21-22(4)18(12)20-10-13)19(26)15-7-14(11(2)3)16(24)8-17(15)25/h6-11,24-25H,5H2,1-4H3. The van der Waals surface area contributed by atoms with Gasteiger partial charge in [-0.1, -0.05) is 13.8 Å². The van der Waals surface area contributed by atoms with E-state index in [9.17, 15) is 15.0 Å². The summed E-state index contributed by atoms with van der Waals surface area (Å²) in [6, 6.07) is 4.62. The molecular formula is C19H22N4O3. The third-order valence-electron chi connectivity index (χ3n) is 4.43. The lowest BCUT2D eigenvalue weighted by molar-refractivity contribution is 0.0985. The number of carbonyl (C=O) groups is 1. The highest BCUT2D eigenvalue weighted by Gasteiger charge is 2.23. The lowest BCUT2D eigenvalue weighted by Crippen LogP contribution is -2.31. The minimum Gasteiger partial charge on any atom is -0.508 e. The second kappa shape index (κ2) is 6.67. The minimum absolute atomic E-state index is 0.0180. The predicted molar refractivity (Wildman–Crippen MR) is 99.7 cm³/mol. The zero-order valence-electron chi connectivity index (χ0n) is 15.3. The van der Waals surface area contributed by atoms with Gasteiger partial charge in [-0.05, 0) is 30.5 Å². The molecule has 136 valence electrons. The summed E-state index contributed by atoms with van der Waals surface area (Å²) in [6.07, 6.45) is 3.31. The second-order valence-corrected chi connectivity index (χ2v) is 6.51. The number of anilines is 1. The molecule has 0 aliphatic heterocycles. The van der Waals surface area contributed by atoms with E-state index in [0.717, 1.165) is 11.0 Å². The Morgan fingerprint density at radius 1 is 1.19 bits per heavy atom. The van der Waals surface area contributed by atoms with Gasteiger partial charge in [-0.2, -0.15) is 5.10 Å². The summed E-state index contributed by atoms with van der Waals surface area (Å²) < 4.78 is 1.66. The van der Waals surface area contributed by atoms with Crippen molar-refractivity contribution in [3.8, 4) is 11.5 Å². The van der Waals surface area contributed by atoms with Gasteiger partial charge in [0.25, 0.3) is 5.91 Å². The average molecular weight is 354 g/mol. The normalized spacial score (nSPS) is 11.3. The van der Waals surface area contributed by atoms with Gasteiger partial charge in [-0.25, -0.2) is 4.98 Å². The average Bonchev–Trinajstić information content (AvgIpc) is 2.96. The Hall–Kier alpha value is -3.09. The van der Waals surface area contributed by atoms with Crippen LogP contribution in [0.4, 0.5) is 5.69 Å². The van der Waals surface area contributed by atoms with Crippen LogP contribution >= 0.6 is 0 Å². The number of aryl methyl sites for hydroxylation is 1. The third kappa shape index (κ3) is 2.96. The fourth-order valence-corrected chi connectivity index (χ4v) is 3.00. The molecule has 0 saturated heterocycles. The molecule has 0 aliphatic carbocycles. The first-order valence-corrected chi connectivity index (χ1v) is 8.49. The summed E-state index contributed by atoms with van der Waals surface area (Å²) in [6.45, 7) is 6.09. The van der Waals surface area contributed by atoms with Gasteiger partial charge in [-0.3, -0.25) is 9.48 Å². The molecule has 7 nitrogen and oxygen atoms in total. The van der Waals surface area contributed by atoms with Gasteiger partial charge < -0.3 is 15.1 Å². The van der Waals surface area contributed by atoms with Crippen molar-refractivity contribution in [3.05, 3.63) is 41.7 Å². The zero-order chi connectivity index (χ0) is 19.0. The number of hydrogen-bond acceptors (Lipinski definition) is 5. The highest BCUT2D eigenvalue weighted by Crippen LogP contribution is 2.33. The maximum Gasteiger partial charge on any atom is 0.262 e. The zero-order valence-corrected chi connectivity index (χ0v) is 15.3. The van der Waals surface area contributed by atoms with Crippen molar-refractivity contribution >= 4 is 22.6 Å². The summed E-state index contributed by atoms with van der Waals surface area (Å²) in [5.41, 5.74) is 2.12. The van der Waals surface area contributed by atoms with Gasteiger partial charge in [0.1, 0.15) is 11.5 Å². The Morgan fingerprint density at radius 2 is 1.92 bits per heavy atom. The van der Waals surface area contributed by atoms with E-state index in [1.165, 1.54) is 11.0 Å². The largest absolute Gasteiger partial charge is 0.508 e. The highest BCUT2D eigenvalue weighted by molar-refractivity contribution is 6.08. The smallest absolute Gasteiger partial charge is 0.262 e. The number of phenolic OH excluding ortho intramolecular Hbond substituents is 2. The van der Waals surface area contributed by atoms with Crippen LogP contribution in [0.25, 0.3) is 11.0 Å². The molecule has 0 radical (unpaired) electrons. The third-order valence-corrected chi connectivity index (χ3v) is 4.43. The van der Waals surface area contributed by atoms with E-state index in [1.807, 2.05) is 26.8 Å². The van der Waals surface area contributed by atoms with Crippen molar-refractivity contribution < 1.29 is 15.0 Å². The van der Waals surface area contributed by atoms with Crippen molar-refractivity contribution in [2.45, 2.75) is 26.7 Å². The van der Waals surface area contributed by atoms with Crippen LogP contribution in [-0.4, -0.2) is 37.4 Å². The number of hydrogen-bond donors (Lipinski definition) is 2. The molecule has 1 amide bonds. The first kappa shape index (κ1) is 17.7. The van der Waals surface area contributed by atoms with Crippen LogP contribution in [0, 0.1) is 0 Å². The number of aromatic hydroxyl groups is 2. The number of fused-ring (bicyclic) bond motifs is 1.